The van der Waals surface area contributed by atoms with Crippen molar-refractivity contribution in [2.75, 3.05) is 12.4 Å². The Morgan fingerprint density at radius 1 is 1.14 bits per heavy atom. The number of anilines is 1. The SMILES string of the molecule is COc1ccccc1NC(=O)C(C)ON=Cc1ccccc1. The minimum absolute atomic E-state index is 0.297. The predicted octanol–water partition coefficient (Wildman–Crippen LogP) is 3.07. The smallest absolute Gasteiger partial charge is 0.268 e. The molecule has 5 heteroatoms. The van der Waals surface area contributed by atoms with Crippen molar-refractivity contribution >= 4 is 17.8 Å². The molecule has 0 aliphatic carbocycles. The number of ether oxygens (including phenoxy) is 1. The van der Waals surface area contributed by atoms with Crippen LogP contribution < -0.4 is 10.1 Å². The highest BCUT2D eigenvalue weighted by atomic mass is 16.6. The molecule has 0 heterocycles. The summed E-state index contributed by atoms with van der Waals surface area (Å²) in [5.74, 6) is 0.297. The van der Waals surface area contributed by atoms with E-state index < -0.39 is 6.10 Å². The molecule has 0 fully saturated rings. The minimum atomic E-state index is -0.718. The van der Waals surface area contributed by atoms with Gasteiger partial charge in [0, 0.05) is 0 Å². The molecule has 2 aromatic rings. The lowest BCUT2D eigenvalue weighted by molar-refractivity contribution is -0.126. The number of amides is 1. The van der Waals surface area contributed by atoms with Gasteiger partial charge in [-0.1, -0.05) is 47.6 Å². The molecule has 0 bridgehead atoms. The van der Waals surface area contributed by atoms with E-state index in [0.717, 1.165) is 5.56 Å². The highest BCUT2D eigenvalue weighted by Gasteiger charge is 2.15. The molecule has 0 saturated carbocycles. The molecular formula is C17H18N2O3. The van der Waals surface area contributed by atoms with Crippen molar-refractivity contribution in [2.24, 2.45) is 5.16 Å². The Balaban J connectivity index is 1.91. The quantitative estimate of drug-likeness (QED) is 0.658. The second kappa shape index (κ2) is 7.83. The summed E-state index contributed by atoms with van der Waals surface area (Å²) in [6, 6.07) is 16.7. The van der Waals surface area contributed by atoms with Crippen LogP contribution in [-0.4, -0.2) is 25.3 Å². The van der Waals surface area contributed by atoms with Gasteiger partial charge in [0.25, 0.3) is 5.91 Å². The van der Waals surface area contributed by atoms with Gasteiger partial charge < -0.3 is 14.9 Å². The molecule has 0 aliphatic rings. The molecule has 114 valence electrons. The maximum atomic E-state index is 12.1. The summed E-state index contributed by atoms with van der Waals surface area (Å²) in [5, 5.41) is 6.58. The van der Waals surface area contributed by atoms with Crippen molar-refractivity contribution < 1.29 is 14.4 Å². The van der Waals surface area contributed by atoms with Crippen molar-refractivity contribution in [1.82, 2.24) is 0 Å². The Hall–Kier alpha value is -2.82. The van der Waals surface area contributed by atoms with Gasteiger partial charge in [0.1, 0.15) is 5.75 Å². The first-order valence-corrected chi connectivity index (χ1v) is 6.89. The van der Waals surface area contributed by atoms with Crippen LogP contribution in [0.4, 0.5) is 5.69 Å². The molecule has 0 saturated heterocycles. The Labute approximate surface area is 129 Å². The van der Waals surface area contributed by atoms with Gasteiger partial charge >= 0.3 is 0 Å². The largest absolute Gasteiger partial charge is 0.495 e. The summed E-state index contributed by atoms with van der Waals surface area (Å²) in [4.78, 5) is 17.2. The van der Waals surface area contributed by atoms with Gasteiger partial charge in [0.2, 0.25) is 6.10 Å². The van der Waals surface area contributed by atoms with Gasteiger partial charge in [-0.05, 0) is 24.6 Å². The van der Waals surface area contributed by atoms with Crippen LogP contribution in [0.3, 0.4) is 0 Å². The fourth-order valence-corrected chi connectivity index (χ4v) is 1.75. The molecular weight excluding hydrogens is 280 g/mol. The summed E-state index contributed by atoms with van der Waals surface area (Å²) < 4.78 is 5.18. The summed E-state index contributed by atoms with van der Waals surface area (Å²) in [6.45, 7) is 1.63. The van der Waals surface area contributed by atoms with Gasteiger partial charge in [0.15, 0.2) is 0 Å². The second-order valence-electron chi connectivity index (χ2n) is 4.58. The molecule has 0 radical (unpaired) electrons. The van der Waals surface area contributed by atoms with Crippen molar-refractivity contribution in [1.29, 1.82) is 0 Å². The lowest BCUT2D eigenvalue weighted by Crippen LogP contribution is -2.26. The number of nitrogens with zero attached hydrogens (tertiary/aromatic N) is 1. The topological polar surface area (TPSA) is 59.9 Å². The molecule has 1 N–H and O–H groups in total. The number of hydrogen-bond acceptors (Lipinski definition) is 4. The van der Waals surface area contributed by atoms with E-state index in [9.17, 15) is 4.79 Å². The van der Waals surface area contributed by atoms with Crippen LogP contribution in [0.1, 0.15) is 12.5 Å². The first-order chi connectivity index (χ1) is 10.7. The molecule has 0 aliphatic heterocycles. The molecule has 2 aromatic carbocycles. The van der Waals surface area contributed by atoms with E-state index in [1.807, 2.05) is 42.5 Å². The van der Waals surface area contributed by atoms with E-state index in [0.29, 0.717) is 11.4 Å². The predicted molar refractivity (Wildman–Crippen MR) is 86.2 cm³/mol. The van der Waals surface area contributed by atoms with E-state index in [-0.39, 0.29) is 5.91 Å². The molecule has 1 unspecified atom stereocenters. The maximum Gasteiger partial charge on any atom is 0.268 e. The average molecular weight is 298 g/mol. The van der Waals surface area contributed by atoms with Crippen molar-refractivity contribution in [3.8, 4) is 5.75 Å². The minimum Gasteiger partial charge on any atom is -0.495 e. The molecule has 1 amide bonds. The molecule has 1 atom stereocenters. The van der Waals surface area contributed by atoms with Crippen LogP contribution in [-0.2, 0) is 9.63 Å². The summed E-state index contributed by atoms with van der Waals surface area (Å²) in [5.41, 5.74) is 1.50. The van der Waals surface area contributed by atoms with Gasteiger partial charge in [0.05, 0.1) is 19.0 Å². The number of para-hydroxylation sites is 2. The van der Waals surface area contributed by atoms with Crippen LogP contribution >= 0.6 is 0 Å². The molecule has 22 heavy (non-hydrogen) atoms. The second-order valence-corrected chi connectivity index (χ2v) is 4.58. The first kappa shape index (κ1) is 15.6. The monoisotopic (exact) mass is 298 g/mol. The fraction of sp³-hybridized carbons (Fsp3) is 0.176. The summed E-state index contributed by atoms with van der Waals surface area (Å²) in [7, 11) is 1.55. The zero-order chi connectivity index (χ0) is 15.8. The Bertz CT molecular complexity index is 641. The highest BCUT2D eigenvalue weighted by molar-refractivity contribution is 5.95. The molecule has 2 rings (SSSR count). The third kappa shape index (κ3) is 4.34. The Morgan fingerprint density at radius 2 is 1.82 bits per heavy atom. The number of hydrogen-bond donors (Lipinski definition) is 1. The number of benzene rings is 2. The van der Waals surface area contributed by atoms with E-state index in [1.54, 1.807) is 32.4 Å². The van der Waals surface area contributed by atoms with Crippen LogP contribution in [0.25, 0.3) is 0 Å². The zero-order valence-electron chi connectivity index (χ0n) is 12.5. The summed E-state index contributed by atoms with van der Waals surface area (Å²) in [6.07, 6.45) is 0.845. The number of nitrogens with one attached hydrogen (secondary N) is 1. The standard InChI is InChI=1S/C17H18N2O3/c1-13(22-18-12-14-8-4-3-5-9-14)17(20)19-15-10-6-7-11-16(15)21-2/h3-13H,1-2H3,(H,19,20). The number of oxime groups is 1. The van der Waals surface area contributed by atoms with Crippen LogP contribution in [0.2, 0.25) is 0 Å². The highest BCUT2D eigenvalue weighted by Crippen LogP contribution is 2.23. The molecule has 0 spiro atoms. The van der Waals surface area contributed by atoms with E-state index in [4.69, 9.17) is 9.57 Å². The summed E-state index contributed by atoms with van der Waals surface area (Å²) >= 11 is 0. The third-order valence-corrected chi connectivity index (χ3v) is 2.95. The van der Waals surface area contributed by atoms with E-state index in [1.165, 1.54) is 0 Å². The van der Waals surface area contributed by atoms with Crippen molar-refractivity contribution in [2.45, 2.75) is 13.0 Å². The van der Waals surface area contributed by atoms with Crippen molar-refractivity contribution in [3.63, 3.8) is 0 Å². The number of methoxy groups -OCH3 is 1. The van der Waals surface area contributed by atoms with Crippen LogP contribution in [0, 0.1) is 0 Å². The lowest BCUT2D eigenvalue weighted by Gasteiger charge is -2.12. The number of rotatable bonds is 6. The van der Waals surface area contributed by atoms with Crippen molar-refractivity contribution in [3.05, 3.63) is 60.2 Å². The lowest BCUT2D eigenvalue weighted by atomic mass is 10.2. The molecule has 5 nitrogen and oxygen atoms in total. The number of carbonyl (C=O) groups excluding carboxylic acids is 1. The van der Waals surface area contributed by atoms with Gasteiger partial charge in [-0.3, -0.25) is 4.79 Å². The van der Waals surface area contributed by atoms with E-state index in [2.05, 4.69) is 10.5 Å². The third-order valence-electron chi connectivity index (χ3n) is 2.95. The molecule has 0 aromatic heterocycles. The zero-order valence-corrected chi connectivity index (χ0v) is 12.5. The van der Waals surface area contributed by atoms with Crippen LogP contribution in [0.15, 0.2) is 59.8 Å². The first-order valence-electron chi connectivity index (χ1n) is 6.89. The maximum absolute atomic E-state index is 12.1. The number of carbonyl (C=O) groups is 1. The Morgan fingerprint density at radius 3 is 2.55 bits per heavy atom. The normalized spacial score (nSPS) is 11.9. The average Bonchev–Trinajstić information content (AvgIpc) is 2.56. The van der Waals surface area contributed by atoms with Gasteiger partial charge in [-0.15, -0.1) is 0 Å². The van der Waals surface area contributed by atoms with Gasteiger partial charge in [-0.2, -0.15) is 0 Å². The van der Waals surface area contributed by atoms with Crippen LogP contribution in [0.5, 0.6) is 5.75 Å². The fourth-order valence-electron chi connectivity index (χ4n) is 1.75. The Kier molecular flexibility index (Phi) is 5.54. The van der Waals surface area contributed by atoms with E-state index >= 15 is 0 Å². The van der Waals surface area contributed by atoms with Gasteiger partial charge in [-0.25, -0.2) is 0 Å².